The van der Waals surface area contributed by atoms with Gasteiger partial charge in [-0.1, -0.05) is 0 Å². The number of hydrogen-bond donors (Lipinski definition) is 2. The van der Waals surface area contributed by atoms with E-state index in [2.05, 4.69) is 9.71 Å². The first kappa shape index (κ1) is 21.8. The summed E-state index contributed by atoms with van der Waals surface area (Å²) in [7, 11) is -2.74. The van der Waals surface area contributed by atoms with Gasteiger partial charge in [0.2, 0.25) is 5.95 Å². The van der Waals surface area contributed by atoms with E-state index in [-0.39, 0.29) is 29.8 Å². The smallest absolute Gasteiger partial charge is 0.471 e. The largest absolute Gasteiger partial charge is 0.496 e. The van der Waals surface area contributed by atoms with Gasteiger partial charge in [-0.05, 0) is 49.1 Å². The van der Waals surface area contributed by atoms with Crippen LogP contribution in [0.5, 0.6) is 5.75 Å². The average Bonchev–Trinajstić information content (AvgIpc) is 2.67. The maximum Gasteiger partial charge on any atom is 0.471 e. The zero-order valence-corrected chi connectivity index (χ0v) is 16.4. The van der Waals surface area contributed by atoms with Crippen LogP contribution < -0.4 is 14.8 Å². The van der Waals surface area contributed by atoms with Crippen LogP contribution in [0.25, 0.3) is 0 Å². The van der Waals surface area contributed by atoms with Gasteiger partial charge in [-0.15, -0.1) is 0 Å². The number of hydrogen-bond acceptors (Lipinski definition) is 5. The molecule has 0 spiro atoms. The lowest BCUT2D eigenvalue weighted by Gasteiger charge is -2.28. The Hall–Kier alpha value is -2.89. The van der Waals surface area contributed by atoms with Gasteiger partial charge in [-0.2, -0.15) is 17.6 Å². The number of nitrogens with one attached hydrogen (secondary N) is 2. The van der Waals surface area contributed by atoms with Gasteiger partial charge >= 0.3 is 12.1 Å². The van der Waals surface area contributed by atoms with Crippen LogP contribution in [0.2, 0.25) is 0 Å². The maximum atomic E-state index is 12.9. The molecule has 0 bridgehead atoms. The molecule has 2 N–H and O–H groups in total. The third-order valence-corrected chi connectivity index (χ3v) is 6.09. The van der Waals surface area contributed by atoms with Crippen molar-refractivity contribution >= 4 is 21.6 Å². The van der Waals surface area contributed by atoms with Crippen LogP contribution in [0, 0.1) is 5.95 Å². The van der Waals surface area contributed by atoms with E-state index >= 15 is 0 Å². The molecular formula is C18H17F4N3O4S. The molecule has 12 heteroatoms. The number of halogens is 4. The highest BCUT2D eigenvalue weighted by Crippen LogP contribution is 2.35. The van der Waals surface area contributed by atoms with Crippen molar-refractivity contribution in [2.75, 3.05) is 11.8 Å². The van der Waals surface area contributed by atoms with Crippen LogP contribution >= 0.6 is 0 Å². The SMILES string of the molecule is COc1ccc(S(=O)(=O)Nc2ccc(F)nc2)c2c1C[C@@H](NC(=O)C(F)(F)F)CC2. The summed E-state index contributed by atoms with van der Waals surface area (Å²) in [5.74, 6) is -2.52. The van der Waals surface area contributed by atoms with Crippen LogP contribution in [0.4, 0.5) is 23.2 Å². The number of nitrogens with zero attached hydrogens (tertiary/aromatic N) is 1. The third kappa shape index (κ3) is 4.64. The molecule has 0 aliphatic heterocycles. The van der Waals surface area contributed by atoms with E-state index < -0.39 is 34.1 Å². The number of amides is 1. The Morgan fingerprint density at radius 2 is 1.93 bits per heavy atom. The molecule has 0 saturated heterocycles. The zero-order chi connectivity index (χ0) is 22.1. The van der Waals surface area contributed by atoms with Gasteiger partial charge in [-0.25, -0.2) is 13.4 Å². The van der Waals surface area contributed by atoms with E-state index in [0.717, 1.165) is 12.3 Å². The Morgan fingerprint density at radius 1 is 1.20 bits per heavy atom. The highest BCUT2D eigenvalue weighted by Gasteiger charge is 2.40. The molecule has 1 aliphatic carbocycles. The second kappa shape index (κ2) is 8.09. The molecule has 1 aromatic heterocycles. The number of pyridine rings is 1. The van der Waals surface area contributed by atoms with Crippen LogP contribution in [0.3, 0.4) is 0 Å². The Balaban J connectivity index is 1.91. The van der Waals surface area contributed by atoms with Crippen molar-refractivity contribution in [3.63, 3.8) is 0 Å². The lowest BCUT2D eigenvalue weighted by molar-refractivity contribution is -0.174. The number of sulfonamides is 1. The summed E-state index contributed by atoms with van der Waals surface area (Å²) < 4.78 is 83.8. The van der Waals surface area contributed by atoms with Crippen LogP contribution in [-0.2, 0) is 27.7 Å². The topological polar surface area (TPSA) is 97.4 Å². The fraction of sp³-hybridized carbons (Fsp3) is 0.333. The molecule has 0 saturated carbocycles. The minimum Gasteiger partial charge on any atom is -0.496 e. The summed E-state index contributed by atoms with van der Waals surface area (Å²) >= 11 is 0. The second-order valence-corrected chi connectivity index (χ2v) is 8.26. The van der Waals surface area contributed by atoms with E-state index in [1.165, 1.54) is 25.3 Å². The third-order valence-electron chi connectivity index (χ3n) is 4.62. The molecule has 2 aromatic rings. The molecule has 0 radical (unpaired) electrons. The van der Waals surface area contributed by atoms with Crippen molar-refractivity contribution in [2.45, 2.75) is 36.4 Å². The van der Waals surface area contributed by atoms with Crippen molar-refractivity contribution in [1.29, 1.82) is 0 Å². The Kier molecular flexibility index (Phi) is 5.88. The van der Waals surface area contributed by atoms with E-state index in [1.807, 2.05) is 5.32 Å². The molecule has 7 nitrogen and oxygen atoms in total. The van der Waals surface area contributed by atoms with Crippen molar-refractivity contribution in [2.24, 2.45) is 0 Å². The van der Waals surface area contributed by atoms with E-state index in [4.69, 9.17) is 4.74 Å². The number of methoxy groups -OCH3 is 1. The van der Waals surface area contributed by atoms with Gasteiger partial charge < -0.3 is 10.1 Å². The number of fused-ring (bicyclic) bond motifs is 1. The Morgan fingerprint density at radius 3 is 2.53 bits per heavy atom. The number of alkyl halides is 3. The van der Waals surface area contributed by atoms with Crippen molar-refractivity contribution in [3.8, 4) is 5.75 Å². The highest BCUT2D eigenvalue weighted by molar-refractivity contribution is 7.92. The lowest BCUT2D eigenvalue weighted by atomic mass is 9.87. The second-order valence-electron chi connectivity index (χ2n) is 6.61. The van der Waals surface area contributed by atoms with E-state index in [1.54, 1.807) is 0 Å². The van der Waals surface area contributed by atoms with Gasteiger partial charge in [0.15, 0.2) is 0 Å². The minimum absolute atomic E-state index is 0.0260. The maximum absolute atomic E-state index is 12.9. The number of aromatic nitrogens is 1. The van der Waals surface area contributed by atoms with Crippen LogP contribution in [0.1, 0.15) is 17.5 Å². The molecule has 30 heavy (non-hydrogen) atoms. The van der Waals surface area contributed by atoms with E-state index in [0.29, 0.717) is 16.9 Å². The first-order valence-corrected chi connectivity index (χ1v) is 10.2. The standard InChI is InChI=1S/C18H17F4N3O4S/c1-29-14-5-6-15(30(27,28)25-11-3-7-16(19)23-9-11)12-4-2-10(8-13(12)14)24-17(26)18(20,21)22/h3,5-7,9-10,25H,2,4,8H2,1H3,(H,24,26)/t10-/m0/s1. The lowest BCUT2D eigenvalue weighted by Crippen LogP contribution is -2.45. The zero-order valence-electron chi connectivity index (χ0n) is 15.6. The number of benzene rings is 1. The molecule has 0 fully saturated rings. The fourth-order valence-electron chi connectivity index (χ4n) is 3.29. The fourth-order valence-corrected chi connectivity index (χ4v) is 4.63. The normalized spacial score (nSPS) is 16.5. The predicted octanol–water partition coefficient (Wildman–Crippen LogP) is 2.57. The molecule has 1 amide bonds. The van der Waals surface area contributed by atoms with Crippen LogP contribution in [0.15, 0.2) is 35.4 Å². The van der Waals surface area contributed by atoms with Gasteiger partial charge in [0.1, 0.15) is 5.75 Å². The summed E-state index contributed by atoms with van der Waals surface area (Å²) in [5, 5.41) is 1.93. The summed E-state index contributed by atoms with van der Waals surface area (Å²) in [6.45, 7) is 0. The average molecular weight is 447 g/mol. The summed E-state index contributed by atoms with van der Waals surface area (Å²) in [6, 6.07) is 4.09. The first-order chi connectivity index (χ1) is 14.0. The number of rotatable bonds is 5. The highest BCUT2D eigenvalue weighted by atomic mass is 32.2. The molecule has 1 aliphatic rings. The minimum atomic E-state index is -5.01. The molecule has 0 unspecified atom stereocenters. The summed E-state index contributed by atoms with van der Waals surface area (Å²) in [5.41, 5.74) is 0.831. The van der Waals surface area contributed by atoms with Gasteiger partial charge in [0.25, 0.3) is 10.0 Å². The Bertz CT molecular complexity index is 1060. The number of anilines is 1. The van der Waals surface area contributed by atoms with E-state index in [9.17, 15) is 30.8 Å². The molecule has 1 atom stereocenters. The van der Waals surface area contributed by atoms with Crippen LogP contribution in [-0.4, -0.2) is 38.6 Å². The monoisotopic (exact) mass is 447 g/mol. The summed E-state index contributed by atoms with van der Waals surface area (Å²) in [6.07, 6.45) is -3.80. The predicted molar refractivity (Wildman–Crippen MR) is 98.0 cm³/mol. The van der Waals surface area contributed by atoms with Gasteiger partial charge in [0, 0.05) is 11.6 Å². The van der Waals surface area contributed by atoms with Gasteiger partial charge in [0.05, 0.1) is 23.9 Å². The summed E-state index contributed by atoms with van der Waals surface area (Å²) in [4.78, 5) is 14.5. The Labute approximate surface area is 169 Å². The van der Waals surface area contributed by atoms with Crippen molar-refractivity contribution in [3.05, 3.63) is 47.5 Å². The molecule has 1 heterocycles. The number of carbonyl (C=O) groups excluding carboxylic acids is 1. The number of ether oxygens (including phenoxy) is 1. The number of carbonyl (C=O) groups is 1. The molecule has 3 rings (SSSR count). The van der Waals surface area contributed by atoms with Crippen molar-refractivity contribution in [1.82, 2.24) is 10.3 Å². The van der Waals surface area contributed by atoms with Gasteiger partial charge in [-0.3, -0.25) is 9.52 Å². The first-order valence-electron chi connectivity index (χ1n) is 8.72. The molecule has 162 valence electrons. The molecular weight excluding hydrogens is 430 g/mol. The molecule has 1 aromatic carbocycles. The quantitative estimate of drug-likeness (QED) is 0.543. The van der Waals surface area contributed by atoms with Crippen molar-refractivity contribution < 1.29 is 35.5 Å².